The highest BCUT2D eigenvalue weighted by Gasteiger charge is 2.07. The number of thioether (sulfide) groups is 1. The molecule has 2 nitrogen and oxygen atoms in total. The lowest BCUT2D eigenvalue weighted by atomic mass is 10.1. The average Bonchev–Trinajstić information content (AvgIpc) is 2.49. The standard InChI is InChI=1S/C17H17Cl2NOS/c1-12-4-2-3-5-15(12)17(21)20-8-9-22-11-13-6-7-14(18)10-16(13)19/h2-7,10H,8-9,11H2,1H3,(H,20,21). The van der Waals surface area contributed by atoms with Crippen molar-refractivity contribution in [3.05, 3.63) is 69.2 Å². The minimum atomic E-state index is -0.0248. The highest BCUT2D eigenvalue weighted by Crippen LogP contribution is 2.24. The zero-order valence-corrected chi connectivity index (χ0v) is 14.6. The molecule has 0 radical (unpaired) electrons. The predicted molar refractivity (Wildman–Crippen MR) is 96.1 cm³/mol. The lowest BCUT2D eigenvalue weighted by Gasteiger charge is -2.08. The molecule has 0 spiro atoms. The molecule has 0 heterocycles. The average molecular weight is 354 g/mol. The molecule has 0 atom stereocenters. The fourth-order valence-electron chi connectivity index (χ4n) is 1.98. The van der Waals surface area contributed by atoms with Crippen molar-refractivity contribution in [2.24, 2.45) is 0 Å². The van der Waals surface area contributed by atoms with Crippen molar-refractivity contribution in [1.29, 1.82) is 0 Å². The first-order chi connectivity index (χ1) is 10.6. The summed E-state index contributed by atoms with van der Waals surface area (Å²) in [5.74, 6) is 1.61. The van der Waals surface area contributed by atoms with E-state index in [-0.39, 0.29) is 5.91 Å². The highest BCUT2D eigenvalue weighted by molar-refractivity contribution is 7.98. The van der Waals surface area contributed by atoms with Gasteiger partial charge >= 0.3 is 0 Å². The van der Waals surface area contributed by atoms with Crippen LogP contribution in [0.15, 0.2) is 42.5 Å². The van der Waals surface area contributed by atoms with Crippen LogP contribution in [0.2, 0.25) is 10.0 Å². The van der Waals surface area contributed by atoms with Crippen LogP contribution in [-0.2, 0) is 5.75 Å². The second kappa shape index (κ2) is 8.47. The second-order valence-electron chi connectivity index (χ2n) is 4.86. The topological polar surface area (TPSA) is 29.1 Å². The number of hydrogen-bond acceptors (Lipinski definition) is 2. The molecule has 0 saturated carbocycles. The van der Waals surface area contributed by atoms with Gasteiger partial charge < -0.3 is 5.32 Å². The van der Waals surface area contributed by atoms with Crippen LogP contribution in [0.3, 0.4) is 0 Å². The Hall–Kier alpha value is -1.16. The minimum absolute atomic E-state index is 0.0248. The molecule has 5 heteroatoms. The van der Waals surface area contributed by atoms with E-state index in [9.17, 15) is 4.79 Å². The fraction of sp³-hybridized carbons (Fsp3) is 0.235. The van der Waals surface area contributed by atoms with Crippen LogP contribution in [0, 0.1) is 6.92 Å². The minimum Gasteiger partial charge on any atom is -0.351 e. The van der Waals surface area contributed by atoms with Gasteiger partial charge in [-0.2, -0.15) is 11.8 Å². The Labute approximate surface area is 145 Å². The van der Waals surface area contributed by atoms with Gasteiger partial charge in [0.05, 0.1) is 0 Å². The van der Waals surface area contributed by atoms with Crippen LogP contribution in [-0.4, -0.2) is 18.2 Å². The number of benzene rings is 2. The molecule has 0 aromatic heterocycles. The summed E-state index contributed by atoms with van der Waals surface area (Å²) >= 11 is 13.7. The van der Waals surface area contributed by atoms with E-state index >= 15 is 0 Å². The Morgan fingerprint density at radius 2 is 1.95 bits per heavy atom. The summed E-state index contributed by atoms with van der Waals surface area (Å²) in [5.41, 5.74) is 2.77. The van der Waals surface area contributed by atoms with E-state index in [1.807, 2.05) is 43.3 Å². The van der Waals surface area contributed by atoms with Gasteiger partial charge in [-0.25, -0.2) is 0 Å². The number of halogens is 2. The van der Waals surface area contributed by atoms with Crippen molar-refractivity contribution in [3.63, 3.8) is 0 Å². The number of carbonyl (C=O) groups excluding carboxylic acids is 1. The third kappa shape index (κ3) is 4.94. The van der Waals surface area contributed by atoms with Crippen molar-refractivity contribution in [1.82, 2.24) is 5.32 Å². The molecule has 0 unspecified atom stereocenters. The Bertz CT molecular complexity index is 661. The molecular formula is C17H17Cl2NOS. The molecule has 0 bridgehead atoms. The number of amides is 1. The molecule has 2 rings (SSSR count). The normalized spacial score (nSPS) is 10.5. The van der Waals surface area contributed by atoms with Crippen LogP contribution >= 0.6 is 35.0 Å². The van der Waals surface area contributed by atoms with Gasteiger partial charge in [-0.1, -0.05) is 47.5 Å². The molecule has 1 N–H and O–H groups in total. The number of hydrogen-bond donors (Lipinski definition) is 1. The number of nitrogens with one attached hydrogen (secondary N) is 1. The van der Waals surface area contributed by atoms with E-state index in [4.69, 9.17) is 23.2 Å². The first-order valence-electron chi connectivity index (χ1n) is 6.93. The first-order valence-corrected chi connectivity index (χ1v) is 8.84. The van der Waals surface area contributed by atoms with Gasteiger partial charge in [0.25, 0.3) is 5.91 Å². The summed E-state index contributed by atoms with van der Waals surface area (Å²) in [5, 5.41) is 4.26. The molecule has 0 aliphatic rings. The van der Waals surface area contributed by atoms with Gasteiger partial charge in [0.2, 0.25) is 0 Å². The summed E-state index contributed by atoms with van der Waals surface area (Å²) < 4.78 is 0. The van der Waals surface area contributed by atoms with Gasteiger partial charge in [0, 0.05) is 33.7 Å². The number of carbonyl (C=O) groups is 1. The van der Waals surface area contributed by atoms with E-state index in [2.05, 4.69) is 5.32 Å². The number of aryl methyl sites for hydroxylation is 1. The molecule has 0 saturated heterocycles. The van der Waals surface area contributed by atoms with Gasteiger partial charge in [-0.05, 0) is 36.2 Å². The maximum Gasteiger partial charge on any atom is 0.251 e. The Morgan fingerprint density at radius 1 is 1.18 bits per heavy atom. The first kappa shape index (κ1) is 17.2. The monoisotopic (exact) mass is 353 g/mol. The van der Waals surface area contributed by atoms with Crippen molar-refractivity contribution >= 4 is 40.9 Å². The van der Waals surface area contributed by atoms with Crippen LogP contribution < -0.4 is 5.32 Å². The SMILES string of the molecule is Cc1ccccc1C(=O)NCCSCc1ccc(Cl)cc1Cl. The van der Waals surface area contributed by atoms with Gasteiger partial charge in [0.1, 0.15) is 0 Å². The maximum atomic E-state index is 12.0. The lowest BCUT2D eigenvalue weighted by Crippen LogP contribution is -2.26. The van der Waals surface area contributed by atoms with Crippen LogP contribution in [0.25, 0.3) is 0 Å². The van der Waals surface area contributed by atoms with Crippen molar-refractivity contribution in [3.8, 4) is 0 Å². The molecule has 2 aromatic rings. The van der Waals surface area contributed by atoms with E-state index in [0.717, 1.165) is 28.2 Å². The van der Waals surface area contributed by atoms with Gasteiger partial charge in [0.15, 0.2) is 0 Å². The Balaban J connectivity index is 1.73. The molecule has 0 aliphatic carbocycles. The van der Waals surface area contributed by atoms with Crippen molar-refractivity contribution in [2.75, 3.05) is 12.3 Å². The zero-order chi connectivity index (χ0) is 15.9. The van der Waals surface area contributed by atoms with E-state index in [1.54, 1.807) is 17.8 Å². The fourth-order valence-corrected chi connectivity index (χ4v) is 3.40. The van der Waals surface area contributed by atoms with Crippen molar-refractivity contribution < 1.29 is 4.79 Å². The molecule has 2 aromatic carbocycles. The largest absolute Gasteiger partial charge is 0.351 e. The smallest absolute Gasteiger partial charge is 0.251 e. The van der Waals surface area contributed by atoms with E-state index < -0.39 is 0 Å². The number of rotatable bonds is 6. The predicted octanol–water partition coefficient (Wildman–Crippen LogP) is 4.97. The summed E-state index contributed by atoms with van der Waals surface area (Å²) in [7, 11) is 0. The van der Waals surface area contributed by atoms with Gasteiger partial charge in [-0.15, -0.1) is 0 Å². The lowest BCUT2D eigenvalue weighted by molar-refractivity contribution is 0.0955. The summed E-state index contributed by atoms with van der Waals surface area (Å²) in [6, 6.07) is 13.1. The molecule has 22 heavy (non-hydrogen) atoms. The molecular weight excluding hydrogens is 337 g/mol. The second-order valence-corrected chi connectivity index (χ2v) is 6.81. The van der Waals surface area contributed by atoms with Gasteiger partial charge in [-0.3, -0.25) is 4.79 Å². The summed E-state index contributed by atoms with van der Waals surface area (Å²) in [6.07, 6.45) is 0. The molecule has 1 amide bonds. The van der Waals surface area contributed by atoms with Crippen LogP contribution in [0.4, 0.5) is 0 Å². The third-order valence-corrected chi connectivity index (χ3v) is 4.79. The van der Waals surface area contributed by atoms with E-state index in [1.165, 1.54) is 0 Å². The summed E-state index contributed by atoms with van der Waals surface area (Å²) in [4.78, 5) is 12.0. The quantitative estimate of drug-likeness (QED) is 0.743. The summed E-state index contributed by atoms with van der Waals surface area (Å²) in [6.45, 7) is 2.56. The molecule has 0 fully saturated rings. The highest BCUT2D eigenvalue weighted by atomic mass is 35.5. The Morgan fingerprint density at radius 3 is 2.68 bits per heavy atom. The maximum absolute atomic E-state index is 12.0. The Kier molecular flexibility index (Phi) is 6.62. The zero-order valence-electron chi connectivity index (χ0n) is 12.2. The third-order valence-electron chi connectivity index (χ3n) is 3.19. The van der Waals surface area contributed by atoms with Crippen LogP contribution in [0.1, 0.15) is 21.5 Å². The molecule has 116 valence electrons. The van der Waals surface area contributed by atoms with Crippen LogP contribution in [0.5, 0.6) is 0 Å². The van der Waals surface area contributed by atoms with Crippen molar-refractivity contribution in [2.45, 2.75) is 12.7 Å². The molecule has 0 aliphatic heterocycles. The van der Waals surface area contributed by atoms with E-state index in [0.29, 0.717) is 16.6 Å².